The smallest absolute Gasteiger partial charge is 0.417 e. The zero-order valence-corrected chi connectivity index (χ0v) is 18.8. The average molecular weight is 495 g/mol. The van der Waals surface area contributed by atoms with E-state index in [1.807, 2.05) is 0 Å². The summed E-state index contributed by atoms with van der Waals surface area (Å²) in [5.74, 6) is -4.62. The van der Waals surface area contributed by atoms with E-state index in [2.05, 4.69) is 15.1 Å². The monoisotopic (exact) mass is 495 g/mol. The van der Waals surface area contributed by atoms with Crippen LogP contribution in [-0.4, -0.2) is 55.7 Å². The van der Waals surface area contributed by atoms with Gasteiger partial charge in [0, 0.05) is 38.1 Å². The fourth-order valence-corrected chi connectivity index (χ4v) is 4.12. The highest BCUT2D eigenvalue weighted by molar-refractivity contribution is 5.98. The highest BCUT2D eigenvalue weighted by Crippen LogP contribution is 2.36. The highest BCUT2D eigenvalue weighted by atomic mass is 19.4. The van der Waals surface area contributed by atoms with Gasteiger partial charge in [0.15, 0.2) is 5.69 Å². The first kappa shape index (κ1) is 24.6. The summed E-state index contributed by atoms with van der Waals surface area (Å²) in [6.07, 6.45) is -1.27. The van der Waals surface area contributed by atoms with Crippen LogP contribution >= 0.6 is 0 Å². The van der Waals surface area contributed by atoms with Crippen LogP contribution in [0.2, 0.25) is 0 Å². The third-order valence-corrected chi connectivity index (χ3v) is 5.78. The van der Waals surface area contributed by atoms with Crippen LogP contribution in [0.4, 0.5) is 22.0 Å². The molecule has 1 unspecified atom stereocenters. The molecule has 7 nitrogen and oxygen atoms in total. The number of halogens is 5. The molecule has 1 aliphatic heterocycles. The molecule has 2 atom stereocenters. The number of piperidine rings is 1. The molecule has 4 rings (SSSR count). The molecule has 1 fully saturated rings. The first-order chi connectivity index (χ1) is 16.4. The molecule has 12 heteroatoms. The van der Waals surface area contributed by atoms with Gasteiger partial charge >= 0.3 is 6.18 Å². The van der Waals surface area contributed by atoms with Crippen molar-refractivity contribution in [3.05, 3.63) is 60.2 Å². The van der Waals surface area contributed by atoms with Crippen LogP contribution in [0.5, 0.6) is 5.88 Å². The second kappa shape index (κ2) is 9.23. The summed E-state index contributed by atoms with van der Waals surface area (Å²) in [7, 11) is 1.60. The molecule has 0 radical (unpaired) electrons. The number of carbonyl (C=O) groups is 1. The minimum absolute atomic E-state index is 0.0336. The van der Waals surface area contributed by atoms with Crippen LogP contribution in [0.1, 0.15) is 29.4 Å². The molecule has 1 aliphatic rings. The van der Waals surface area contributed by atoms with Crippen LogP contribution in [-0.2, 0) is 13.2 Å². The van der Waals surface area contributed by atoms with Gasteiger partial charge in [-0.3, -0.25) is 14.5 Å². The fourth-order valence-electron chi connectivity index (χ4n) is 4.12. The lowest BCUT2D eigenvalue weighted by Crippen LogP contribution is -2.57. The van der Waals surface area contributed by atoms with Gasteiger partial charge in [0.1, 0.15) is 6.61 Å². The average Bonchev–Trinajstić information content (AvgIpc) is 3.19. The van der Waals surface area contributed by atoms with E-state index in [0.717, 1.165) is 17.0 Å². The molecular formula is C23H22F5N5O2. The Hall–Kier alpha value is -3.57. The van der Waals surface area contributed by atoms with Crippen molar-refractivity contribution >= 4 is 5.91 Å². The number of nitrogens with zero attached hydrogens (tertiary/aromatic N) is 5. The number of hydrogen-bond donors (Lipinski definition) is 0. The number of aryl methyl sites for hydroxylation is 1. The van der Waals surface area contributed by atoms with Gasteiger partial charge in [-0.15, -0.1) is 0 Å². The number of aromatic nitrogens is 4. The Labute approximate surface area is 197 Å². The first-order valence-electron chi connectivity index (χ1n) is 10.7. The summed E-state index contributed by atoms with van der Waals surface area (Å²) in [4.78, 5) is 22.4. The molecule has 4 heterocycles. The van der Waals surface area contributed by atoms with Gasteiger partial charge in [-0.05, 0) is 24.1 Å². The van der Waals surface area contributed by atoms with E-state index in [1.165, 1.54) is 4.68 Å². The third kappa shape index (κ3) is 5.41. The van der Waals surface area contributed by atoms with Crippen molar-refractivity contribution in [1.82, 2.24) is 24.6 Å². The second-order valence-corrected chi connectivity index (χ2v) is 8.51. The van der Waals surface area contributed by atoms with Crippen LogP contribution in [0, 0.1) is 5.92 Å². The van der Waals surface area contributed by atoms with Gasteiger partial charge in [-0.1, -0.05) is 13.0 Å². The molecule has 0 spiro atoms. The van der Waals surface area contributed by atoms with Gasteiger partial charge in [0.2, 0.25) is 5.88 Å². The van der Waals surface area contributed by atoms with Gasteiger partial charge < -0.3 is 9.64 Å². The number of ether oxygens (including phenoxy) is 1. The normalized spacial score (nSPS) is 20.0. The molecule has 1 saturated heterocycles. The largest absolute Gasteiger partial charge is 0.475 e. The summed E-state index contributed by atoms with van der Waals surface area (Å²) < 4.78 is 74.3. The van der Waals surface area contributed by atoms with Crippen LogP contribution in [0.15, 0.2) is 48.9 Å². The van der Waals surface area contributed by atoms with E-state index in [9.17, 15) is 26.7 Å². The van der Waals surface area contributed by atoms with Crippen molar-refractivity contribution in [3.63, 3.8) is 0 Å². The molecule has 0 saturated carbocycles. The van der Waals surface area contributed by atoms with Gasteiger partial charge in [-0.25, -0.2) is 13.8 Å². The Kier molecular flexibility index (Phi) is 6.48. The summed E-state index contributed by atoms with van der Waals surface area (Å²) in [5.41, 5.74) is -0.121. The van der Waals surface area contributed by atoms with Crippen molar-refractivity contribution in [2.75, 3.05) is 13.2 Å². The number of amides is 1. The zero-order chi connectivity index (χ0) is 25.4. The number of pyridine rings is 2. The Morgan fingerprint density at radius 2 is 1.97 bits per heavy atom. The molecule has 0 N–H and O–H groups in total. The summed E-state index contributed by atoms with van der Waals surface area (Å²) >= 11 is 0. The Morgan fingerprint density at radius 3 is 2.60 bits per heavy atom. The third-order valence-electron chi connectivity index (χ3n) is 5.78. The minimum Gasteiger partial charge on any atom is -0.475 e. The molecule has 1 amide bonds. The Balaban J connectivity index is 1.60. The predicted molar refractivity (Wildman–Crippen MR) is 115 cm³/mol. The van der Waals surface area contributed by atoms with Crippen molar-refractivity contribution in [1.29, 1.82) is 0 Å². The quantitative estimate of drug-likeness (QED) is 0.489. The number of hydrogen-bond acceptors (Lipinski definition) is 5. The highest BCUT2D eigenvalue weighted by Gasteiger charge is 2.47. The van der Waals surface area contributed by atoms with Crippen LogP contribution in [0.3, 0.4) is 0 Å². The lowest BCUT2D eigenvalue weighted by molar-refractivity contribution is -0.137. The van der Waals surface area contributed by atoms with Crippen LogP contribution in [0.25, 0.3) is 11.3 Å². The SMILES string of the molecule is C[C@@H]1CC(F)(F)CN(C(=O)c2nn(C)cc2-c2ccccn2)C1COc1ccc(C(F)(F)F)cn1. The molecule has 0 aromatic carbocycles. The van der Waals surface area contributed by atoms with E-state index in [0.29, 0.717) is 17.5 Å². The lowest BCUT2D eigenvalue weighted by atomic mass is 9.88. The van der Waals surface area contributed by atoms with E-state index in [4.69, 9.17) is 4.74 Å². The maximum Gasteiger partial charge on any atom is 0.417 e. The van der Waals surface area contributed by atoms with E-state index < -0.39 is 48.5 Å². The molecule has 35 heavy (non-hydrogen) atoms. The van der Waals surface area contributed by atoms with Gasteiger partial charge in [0.05, 0.1) is 29.4 Å². The minimum atomic E-state index is -4.55. The van der Waals surface area contributed by atoms with Crippen LogP contribution < -0.4 is 4.74 Å². The van der Waals surface area contributed by atoms with E-state index in [-0.39, 0.29) is 18.2 Å². The van der Waals surface area contributed by atoms with Crippen molar-refractivity contribution in [3.8, 4) is 17.1 Å². The number of likely N-dealkylation sites (tertiary alicyclic amines) is 1. The summed E-state index contributed by atoms with van der Waals surface area (Å²) in [6, 6.07) is 6.19. The van der Waals surface area contributed by atoms with Gasteiger partial charge in [-0.2, -0.15) is 18.3 Å². The number of alkyl halides is 5. The lowest BCUT2D eigenvalue weighted by Gasteiger charge is -2.42. The molecule has 186 valence electrons. The van der Waals surface area contributed by atoms with Crippen molar-refractivity contribution in [2.24, 2.45) is 13.0 Å². The summed E-state index contributed by atoms with van der Waals surface area (Å²) in [5, 5.41) is 4.20. The zero-order valence-electron chi connectivity index (χ0n) is 18.8. The first-order valence-corrected chi connectivity index (χ1v) is 10.7. The topological polar surface area (TPSA) is 73.1 Å². The Bertz CT molecular complexity index is 1180. The maximum atomic E-state index is 14.5. The molecule has 0 aliphatic carbocycles. The molecule has 3 aromatic heterocycles. The maximum absolute atomic E-state index is 14.5. The summed E-state index contributed by atoms with van der Waals surface area (Å²) in [6.45, 7) is 0.496. The number of rotatable bonds is 5. The predicted octanol–water partition coefficient (Wildman–Crippen LogP) is 4.46. The molecular weight excluding hydrogens is 473 g/mol. The van der Waals surface area contributed by atoms with Crippen molar-refractivity contribution < 1.29 is 31.5 Å². The molecule has 3 aromatic rings. The fraction of sp³-hybridized carbons (Fsp3) is 0.391. The van der Waals surface area contributed by atoms with E-state index in [1.54, 1.807) is 44.6 Å². The van der Waals surface area contributed by atoms with Gasteiger partial charge in [0.25, 0.3) is 11.8 Å². The second-order valence-electron chi connectivity index (χ2n) is 8.51. The van der Waals surface area contributed by atoms with E-state index >= 15 is 0 Å². The number of carbonyl (C=O) groups excluding carboxylic acids is 1. The standard InChI is InChI=1S/C23H22F5N5O2/c1-14-9-22(24,25)13-33(18(14)12-35-19-7-6-15(10-30-19)23(26,27)28)21(34)20-16(11-32(2)31-20)17-5-3-4-8-29-17/h3-8,10-11,14,18H,9,12-13H2,1-2H3/t14-,18?/m1/s1. The molecule has 0 bridgehead atoms. The van der Waals surface area contributed by atoms with Crippen molar-refractivity contribution in [2.45, 2.75) is 31.5 Å². The Morgan fingerprint density at radius 1 is 1.20 bits per heavy atom.